The summed E-state index contributed by atoms with van der Waals surface area (Å²) in [5, 5.41) is 14.7. The van der Waals surface area contributed by atoms with E-state index in [9.17, 15) is 5.11 Å². The van der Waals surface area contributed by atoms with Crippen molar-refractivity contribution in [3.63, 3.8) is 0 Å². The quantitative estimate of drug-likeness (QED) is 0.864. The molecule has 1 N–H and O–H groups in total. The van der Waals surface area contributed by atoms with Gasteiger partial charge in [0.1, 0.15) is 11.9 Å². The smallest absolute Gasteiger partial charge is 0.111 e. The van der Waals surface area contributed by atoms with Gasteiger partial charge in [-0.1, -0.05) is 13.8 Å². The van der Waals surface area contributed by atoms with E-state index < -0.39 is 6.10 Å². The van der Waals surface area contributed by atoms with Crippen molar-refractivity contribution in [3.8, 4) is 0 Å². The van der Waals surface area contributed by atoms with Crippen LogP contribution in [-0.2, 0) is 26.4 Å². The van der Waals surface area contributed by atoms with E-state index in [1.807, 2.05) is 19.3 Å². The average molecular weight is 262 g/mol. The van der Waals surface area contributed by atoms with Gasteiger partial charge in [0.2, 0.25) is 0 Å². The van der Waals surface area contributed by atoms with Crippen molar-refractivity contribution in [2.45, 2.75) is 45.8 Å². The summed E-state index contributed by atoms with van der Waals surface area (Å²) in [5.41, 5.74) is 1.86. The van der Waals surface area contributed by atoms with Crippen LogP contribution in [0.3, 0.4) is 0 Å². The number of hydrogen-bond donors (Lipinski definition) is 1. The van der Waals surface area contributed by atoms with E-state index in [1.165, 1.54) is 0 Å². The van der Waals surface area contributed by atoms with Gasteiger partial charge in [0.05, 0.1) is 11.4 Å². The molecule has 0 saturated carbocycles. The van der Waals surface area contributed by atoms with Gasteiger partial charge in [0, 0.05) is 32.4 Å². The van der Waals surface area contributed by atoms with Gasteiger partial charge in [-0.3, -0.25) is 4.68 Å². The van der Waals surface area contributed by atoms with Crippen LogP contribution in [0.4, 0.5) is 0 Å². The lowest BCUT2D eigenvalue weighted by Gasteiger charge is -2.12. The third-order valence-corrected chi connectivity index (χ3v) is 3.31. The number of aliphatic hydroxyl groups excluding tert-OH is 1. The molecular formula is C14H22N4O. The first-order valence-corrected chi connectivity index (χ1v) is 6.86. The fraction of sp³-hybridized carbons (Fsp3) is 0.571. The number of hydrogen-bond acceptors (Lipinski definition) is 3. The molecule has 104 valence electrons. The van der Waals surface area contributed by atoms with Crippen LogP contribution in [0.15, 0.2) is 18.5 Å². The summed E-state index contributed by atoms with van der Waals surface area (Å²) in [4.78, 5) is 4.33. The number of aliphatic hydroxyl groups is 1. The third kappa shape index (κ3) is 3.04. The van der Waals surface area contributed by atoms with Crippen molar-refractivity contribution < 1.29 is 5.11 Å². The Morgan fingerprint density at radius 3 is 2.79 bits per heavy atom. The first-order valence-electron chi connectivity index (χ1n) is 6.86. The molecule has 5 heteroatoms. The minimum atomic E-state index is -0.559. The maximum atomic E-state index is 10.4. The van der Waals surface area contributed by atoms with Crippen LogP contribution in [-0.4, -0.2) is 24.4 Å². The molecule has 0 aliphatic carbocycles. The van der Waals surface area contributed by atoms with Crippen LogP contribution in [0.25, 0.3) is 0 Å². The van der Waals surface area contributed by atoms with Crippen molar-refractivity contribution in [2.24, 2.45) is 7.05 Å². The molecule has 0 radical (unpaired) electrons. The second-order valence-corrected chi connectivity index (χ2v) is 4.79. The molecule has 19 heavy (non-hydrogen) atoms. The normalized spacial score (nSPS) is 12.8. The monoisotopic (exact) mass is 262 g/mol. The van der Waals surface area contributed by atoms with E-state index in [-0.39, 0.29) is 0 Å². The van der Waals surface area contributed by atoms with Crippen LogP contribution in [0, 0.1) is 0 Å². The maximum Gasteiger partial charge on any atom is 0.111 e. The Labute approximate surface area is 113 Å². The highest BCUT2D eigenvalue weighted by Crippen LogP contribution is 2.18. The van der Waals surface area contributed by atoms with Gasteiger partial charge in [-0.05, 0) is 18.9 Å². The Kier molecular flexibility index (Phi) is 4.37. The second kappa shape index (κ2) is 6.02. The number of aryl methyl sites for hydroxylation is 3. The van der Waals surface area contributed by atoms with E-state index in [4.69, 9.17) is 0 Å². The Bertz CT molecular complexity index is 529. The molecule has 1 unspecified atom stereocenters. The number of aromatic nitrogens is 4. The summed E-state index contributed by atoms with van der Waals surface area (Å²) >= 11 is 0. The Morgan fingerprint density at radius 2 is 2.16 bits per heavy atom. The molecule has 0 aliphatic rings. The highest BCUT2D eigenvalue weighted by atomic mass is 16.3. The summed E-state index contributed by atoms with van der Waals surface area (Å²) in [6.45, 7) is 5.13. The summed E-state index contributed by atoms with van der Waals surface area (Å²) in [6.07, 6.45) is 5.66. The molecular weight excluding hydrogens is 240 g/mol. The van der Waals surface area contributed by atoms with Crippen LogP contribution in [0.2, 0.25) is 0 Å². The van der Waals surface area contributed by atoms with Crippen molar-refractivity contribution in [1.29, 1.82) is 0 Å². The highest BCUT2D eigenvalue weighted by Gasteiger charge is 2.16. The van der Waals surface area contributed by atoms with Gasteiger partial charge < -0.3 is 9.67 Å². The van der Waals surface area contributed by atoms with E-state index in [2.05, 4.69) is 28.5 Å². The van der Waals surface area contributed by atoms with E-state index in [1.54, 1.807) is 10.9 Å². The van der Waals surface area contributed by atoms with Crippen LogP contribution < -0.4 is 0 Å². The van der Waals surface area contributed by atoms with Crippen molar-refractivity contribution >= 4 is 0 Å². The lowest BCUT2D eigenvalue weighted by molar-refractivity contribution is 0.164. The van der Waals surface area contributed by atoms with Gasteiger partial charge >= 0.3 is 0 Å². The summed E-state index contributed by atoms with van der Waals surface area (Å²) < 4.78 is 3.86. The highest BCUT2D eigenvalue weighted by molar-refractivity contribution is 5.14. The lowest BCUT2D eigenvalue weighted by Crippen LogP contribution is -2.12. The fourth-order valence-corrected chi connectivity index (χ4v) is 2.28. The van der Waals surface area contributed by atoms with Gasteiger partial charge in [-0.25, -0.2) is 4.98 Å². The van der Waals surface area contributed by atoms with Crippen molar-refractivity contribution in [2.75, 3.05) is 0 Å². The molecule has 0 spiro atoms. The largest absolute Gasteiger partial charge is 0.386 e. The van der Waals surface area contributed by atoms with Gasteiger partial charge in [0.15, 0.2) is 0 Å². The van der Waals surface area contributed by atoms with E-state index in [0.29, 0.717) is 6.42 Å². The molecule has 5 nitrogen and oxygen atoms in total. The van der Waals surface area contributed by atoms with Crippen LogP contribution in [0.1, 0.15) is 43.6 Å². The molecule has 0 fully saturated rings. The molecule has 2 aromatic heterocycles. The fourth-order valence-electron chi connectivity index (χ4n) is 2.28. The van der Waals surface area contributed by atoms with E-state index >= 15 is 0 Å². The topological polar surface area (TPSA) is 55.9 Å². The zero-order valence-corrected chi connectivity index (χ0v) is 11.9. The Hall–Kier alpha value is -1.62. The number of imidazole rings is 1. The Morgan fingerprint density at radius 1 is 1.37 bits per heavy atom. The summed E-state index contributed by atoms with van der Waals surface area (Å²) in [5.74, 6) is 0.925. The number of rotatable bonds is 6. The molecule has 2 heterocycles. The van der Waals surface area contributed by atoms with Crippen molar-refractivity contribution in [3.05, 3.63) is 35.7 Å². The molecule has 0 saturated heterocycles. The van der Waals surface area contributed by atoms with Gasteiger partial charge in [-0.2, -0.15) is 5.10 Å². The Balaban J connectivity index is 2.13. The molecule has 2 rings (SSSR count). The molecule has 2 aromatic rings. The second-order valence-electron chi connectivity index (χ2n) is 4.79. The van der Waals surface area contributed by atoms with Crippen LogP contribution in [0.5, 0.6) is 0 Å². The molecule has 1 atom stereocenters. The SMILES string of the molecule is CCCn1ccnc1CC(O)c1cc(CC)nn1C. The minimum absolute atomic E-state index is 0.523. The summed E-state index contributed by atoms with van der Waals surface area (Å²) in [6, 6.07) is 1.97. The zero-order chi connectivity index (χ0) is 13.8. The van der Waals surface area contributed by atoms with E-state index in [0.717, 1.165) is 36.6 Å². The standard InChI is InChI=1S/C14H22N4O/c1-4-7-18-8-6-15-14(18)10-13(19)12-9-11(5-2)16-17(12)3/h6,8-9,13,19H,4-5,7,10H2,1-3H3. The van der Waals surface area contributed by atoms with Crippen LogP contribution >= 0.6 is 0 Å². The lowest BCUT2D eigenvalue weighted by atomic mass is 10.1. The molecule has 0 bridgehead atoms. The molecule has 0 aliphatic heterocycles. The molecule has 0 amide bonds. The average Bonchev–Trinajstić information content (AvgIpc) is 2.97. The minimum Gasteiger partial charge on any atom is -0.386 e. The van der Waals surface area contributed by atoms with Crippen molar-refractivity contribution in [1.82, 2.24) is 19.3 Å². The maximum absolute atomic E-state index is 10.4. The van der Waals surface area contributed by atoms with Gasteiger partial charge in [0.25, 0.3) is 0 Å². The number of nitrogens with zero attached hydrogens (tertiary/aromatic N) is 4. The third-order valence-electron chi connectivity index (χ3n) is 3.31. The summed E-state index contributed by atoms with van der Waals surface area (Å²) in [7, 11) is 1.87. The molecule has 0 aromatic carbocycles. The first kappa shape index (κ1) is 13.8. The zero-order valence-electron chi connectivity index (χ0n) is 11.9. The first-order chi connectivity index (χ1) is 9.15. The predicted octanol–water partition coefficient (Wildman–Crippen LogP) is 1.87. The van der Waals surface area contributed by atoms with Gasteiger partial charge in [-0.15, -0.1) is 0 Å². The predicted molar refractivity (Wildman–Crippen MR) is 73.8 cm³/mol.